The van der Waals surface area contributed by atoms with Crippen LogP contribution in [0.25, 0.3) is 0 Å². The Morgan fingerprint density at radius 1 is 1.50 bits per heavy atom. The summed E-state index contributed by atoms with van der Waals surface area (Å²) in [6, 6.07) is 0. The van der Waals surface area contributed by atoms with Crippen molar-refractivity contribution in [1.29, 1.82) is 0 Å². The highest BCUT2D eigenvalue weighted by atomic mass is 16.6. The lowest BCUT2D eigenvalue weighted by Gasteiger charge is -1.96. The summed E-state index contributed by atoms with van der Waals surface area (Å²) in [5, 5.41) is 4.09. The molecule has 0 radical (unpaired) electrons. The molecule has 1 fully saturated rings. The lowest BCUT2D eigenvalue weighted by Crippen LogP contribution is -1.94. The monoisotopic (exact) mass is 165 g/mol. The predicted octanol–water partition coefficient (Wildman–Crippen LogP) is 2.51. The molecule has 0 aromatic rings. The van der Waals surface area contributed by atoms with Crippen molar-refractivity contribution < 1.29 is 4.84 Å². The van der Waals surface area contributed by atoms with Crippen molar-refractivity contribution in [3.8, 4) is 0 Å². The molecular formula is C10H15NO. The highest BCUT2D eigenvalue weighted by Crippen LogP contribution is 2.29. The van der Waals surface area contributed by atoms with Crippen molar-refractivity contribution in [3.63, 3.8) is 0 Å². The van der Waals surface area contributed by atoms with Crippen LogP contribution < -0.4 is 0 Å². The van der Waals surface area contributed by atoms with Crippen LogP contribution in [0.4, 0.5) is 0 Å². The second-order valence-electron chi connectivity index (χ2n) is 3.81. The molecule has 0 aliphatic heterocycles. The Labute approximate surface area is 73.3 Å². The smallest absolute Gasteiger partial charge is 0.120 e. The Hall–Kier alpha value is -0.790. The highest BCUT2D eigenvalue weighted by Gasteiger charge is 2.22. The summed E-state index contributed by atoms with van der Waals surface area (Å²) in [5.41, 5.74) is 2.54. The van der Waals surface area contributed by atoms with E-state index in [0.29, 0.717) is 0 Å². The number of rotatable bonds is 3. The van der Waals surface area contributed by atoms with E-state index in [1.807, 2.05) is 0 Å². The van der Waals surface area contributed by atoms with E-state index < -0.39 is 0 Å². The first-order valence-electron chi connectivity index (χ1n) is 4.70. The number of hydrogen-bond acceptors (Lipinski definition) is 2. The second kappa shape index (κ2) is 3.30. The summed E-state index contributed by atoms with van der Waals surface area (Å²) in [6.07, 6.45) is 7.02. The van der Waals surface area contributed by atoms with E-state index in [2.05, 4.69) is 18.2 Å². The maximum Gasteiger partial charge on any atom is 0.120 e. The number of nitrogens with zero attached hydrogens (tertiary/aromatic N) is 1. The van der Waals surface area contributed by atoms with Crippen molar-refractivity contribution >= 4 is 5.71 Å². The lowest BCUT2D eigenvalue weighted by atomic mass is 10.3. The molecule has 0 heterocycles. The minimum Gasteiger partial charge on any atom is -0.395 e. The van der Waals surface area contributed by atoms with Gasteiger partial charge in [0, 0.05) is 0 Å². The molecule has 0 aromatic carbocycles. The van der Waals surface area contributed by atoms with Gasteiger partial charge in [0.15, 0.2) is 0 Å². The molecule has 2 heteroatoms. The SMILES string of the molecule is CC1=C/C(=N/OCC2CC2)CC1. The quantitative estimate of drug-likeness (QED) is 0.589. The van der Waals surface area contributed by atoms with Crippen molar-refractivity contribution in [2.24, 2.45) is 11.1 Å². The fourth-order valence-electron chi connectivity index (χ4n) is 1.34. The molecule has 0 N–H and O–H groups in total. The molecule has 0 atom stereocenters. The summed E-state index contributed by atoms with van der Waals surface area (Å²) in [7, 11) is 0. The van der Waals surface area contributed by atoms with Gasteiger partial charge in [-0.2, -0.15) is 0 Å². The van der Waals surface area contributed by atoms with E-state index in [-0.39, 0.29) is 0 Å². The Balaban J connectivity index is 1.75. The van der Waals surface area contributed by atoms with Crippen molar-refractivity contribution in [2.75, 3.05) is 6.61 Å². The molecule has 2 aliphatic carbocycles. The summed E-state index contributed by atoms with van der Waals surface area (Å²) in [4.78, 5) is 5.23. The van der Waals surface area contributed by atoms with Gasteiger partial charge in [-0.25, -0.2) is 0 Å². The summed E-state index contributed by atoms with van der Waals surface area (Å²) >= 11 is 0. The summed E-state index contributed by atoms with van der Waals surface area (Å²) in [5.74, 6) is 0.806. The maximum atomic E-state index is 5.23. The Morgan fingerprint density at radius 2 is 2.33 bits per heavy atom. The van der Waals surface area contributed by atoms with Crippen LogP contribution in [0.2, 0.25) is 0 Å². The Kier molecular flexibility index (Phi) is 2.15. The van der Waals surface area contributed by atoms with Gasteiger partial charge in [-0.1, -0.05) is 10.7 Å². The van der Waals surface area contributed by atoms with Gasteiger partial charge < -0.3 is 4.84 Å². The van der Waals surface area contributed by atoms with E-state index in [1.54, 1.807) is 0 Å². The van der Waals surface area contributed by atoms with Crippen LogP contribution in [0.15, 0.2) is 16.8 Å². The van der Waals surface area contributed by atoms with E-state index in [0.717, 1.165) is 31.1 Å². The molecule has 0 amide bonds. The van der Waals surface area contributed by atoms with Gasteiger partial charge in [0.05, 0.1) is 5.71 Å². The molecule has 0 aromatic heterocycles. The first-order valence-corrected chi connectivity index (χ1v) is 4.70. The van der Waals surface area contributed by atoms with Gasteiger partial charge in [0.2, 0.25) is 0 Å². The predicted molar refractivity (Wildman–Crippen MR) is 49.1 cm³/mol. The van der Waals surface area contributed by atoms with Gasteiger partial charge in [0.25, 0.3) is 0 Å². The zero-order valence-electron chi connectivity index (χ0n) is 7.55. The van der Waals surface area contributed by atoms with Crippen LogP contribution in [0.1, 0.15) is 32.6 Å². The Bertz CT molecular complexity index is 226. The van der Waals surface area contributed by atoms with Crippen LogP contribution >= 0.6 is 0 Å². The lowest BCUT2D eigenvalue weighted by molar-refractivity contribution is 0.134. The third kappa shape index (κ3) is 2.10. The van der Waals surface area contributed by atoms with Gasteiger partial charge >= 0.3 is 0 Å². The zero-order chi connectivity index (χ0) is 8.39. The average molecular weight is 165 g/mol. The van der Waals surface area contributed by atoms with Crippen LogP contribution in [-0.2, 0) is 4.84 Å². The molecule has 0 unspecified atom stereocenters. The molecule has 12 heavy (non-hydrogen) atoms. The fourth-order valence-corrected chi connectivity index (χ4v) is 1.34. The molecule has 66 valence electrons. The van der Waals surface area contributed by atoms with Crippen LogP contribution in [0.5, 0.6) is 0 Å². The van der Waals surface area contributed by atoms with E-state index in [4.69, 9.17) is 4.84 Å². The third-order valence-corrected chi connectivity index (χ3v) is 2.38. The molecule has 1 saturated carbocycles. The molecule has 0 spiro atoms. The first-order chi connectivity index (χ1) is 5.84. The highest BCUT2D eigenvalue weighted by molar-refractivity contribution is 5.97. The molecule has 2 nitrogen and oxygen atoms in total. The Morgan fingerprint density at radius 3 is 2.92 bits per heavy atom. The summed E-state index contributed by atoms with van der Waals surface area (Å²) < 4.78 is 0. The van der Waals surface area contributed by atoms with Crippen LogP contribution in [0, 0.1) is 5.92 Å². The number of allylic oxidation sites excluding steroid dienone is 2. The summed E-state index contributed by atoms with van der Waals surface area (Å²) in [6.45, 7) is 2.97. The second-order valence-corrected chi connectivity index (χ2v) is 3.81. The van der Waals surface area contributed by atoms with E-state index >= 15 is 0 Å². The molecule has 2 aliphatic rings. The van der Waals surface area contributed by atoms with Crippen LogP contribution in [0.3, 0.4) is 0 Å². The topological polar surface area (TPSA) is 21.6 Å². The minimum atomic E-state index is 0.806. The standard InChI is InChI=1S/C10H15NO/c1-8-2-5-10(6-8)11-12-7-9-3-4-9/h6,9H,2-5,7H2,1H3/b11-10+. The molecular weight excluding hydrogens is 150 g/mol. The van der Waals surface area contributed by atoms with E-state index in [9.17, 15) is 0 Å². The van der Waals surface area contributed by atoms with Gasteiger partial charge in [-0.05, 0) is 44.6 Å². The molecule has 0 saturated heterocycles. The average Bonchev–Trinajstić information content (AvgIpc) is 2.76. The maximum absolute atomic E-state index is 5.23. The third-order valence-electron chi connectivity index (χ3n) is 2.38. The van der Waals surface area contributed by atoms with Gasteiger partial charge in [-0.15, -0.1) is 0 Å². The normalized spacial score (nSPS) is 26.1. The molecule has 0 bridgehead atoms. The first kappa shape index (κ1) is 7.84. The molecule has 2 rings (SSSR count). The van der Waals surface area contributed by atoms with Crippen molar-refractivity contribution in [3.05, 3.63) is 11.6 Å². The van der Waals surface area contributed by atoms with E-state index in [1.165, 1.54) is 18.4 Å². The fraction of sp³-hybridized carbons (Fsp3) is 0.700. The van der Waals surface area contributed by atoms with Gasteiger partial charge in [-0.3, -0.25) is 0 Å². The largest absolute Gasteiger partial charge is 0.395 e. The van der Waals surface area contributed by atoms with Crippen LogP contribution in [-0.4, -0.2) is 12.3 Å². The van der Waals surface area contributed by atoms with Crippen molar-refractivity contribution in [1.82, 2.24) is 0 Å². The van der Waals surface area contributed by atoms with Gasteiger partial charge in [0.1, 0.15) is 6.61 Å². The van der Waals surface area contributed by atoms with Crippen molar-refractivity contribution in [2.45, 2.75) is 32.6 Å². The zero-order valence-corrected chi connectivity index (χ0v) is 7.55. The minimum absolute atomic E-state index is 0.806. The number of oxime groups is 1. The number of hydrogen-bond donors (Lipinski definition) is 0.